The van der Waals surface area contributed by atoms with Crippen molar-refractivity contribution in [2.45, 2.75) is 13.0 Å². The summed E-state index contributed by atoms with van der Waals surface area (Å²) in [6.07, 6.45) is 1.65. The van der Waals surface area contributed by atoms with Crippen LogP contribution in [0.3, 0.4) is 0 Å². The van der Waals surface area contributed by atoms with E-state index in [4.69, 9.17) is 16.3 Å². The molecule has 0 radical (unpaired) electrons. The highest BCUT2D eigenvalue weighted by atomic mass is 35.5. The lowest BCUT2D eigenvalue weighted by Crippen LogP contribution is -2.22. The lowest BCUT2D eigenvalue weighted by Gasteiger charge is -2.13. The molecule has 0 spiro atoms. The van der Waals surface area contributed by atoms with Crippen molar-refractivity contribution in [2.75, 3.05) is 19.0 Å². The van der Waals surface area contributed by atoms with Gasteiger partial charge in [-0.3, -0.25) is 9.36 Å². The van der Waals surface area contributed by atoms with E-state index < -0.39 is 0 Å². The predicted octanol–water partition coefficient (Wildman–Crippen LogP) is 4.89. The van der Waals surface area contributed by atoms with E-state index in [9.17, 15) is 9.18 Å². The molecule has 4 rings (SSSR count). The van der Waals surface area contributed by atoms with Crippen LogP contribution < -0.4 is 5.32 Å². The zero-order valence-electron chi connectivity index (χ0n) is 17.0. The molecule has 158 valence electrons. The number of benzene rings is 2. The molecule has 0 aliphatic heterocycles. The van der Waals surface area contributed by atoms with Gasteiger partial charge in [-0.15, -0.1) is 0 Å². The van der Waals surface area contributed by atoms with Gasteiger partial charge in [0.2, 0.25) is 11.7 Å². The number of nitrogens with zero attached hydrogens (tertiary/aromatic N) is 3. The van der Waals surface area contributed by atoms with Crippen molar-refractivity contribution in [1.82, 2.24) is 14.5 Å². The summed E-state index contributed by atoms with van der Waals surface area (Å²) in [5, 5.41) is 4.20. The molecule has 0 saturated heterocycles. The van der Waals surface area contributed by atoms with Crippen LogP contribution >= 0.6 is 11.6 Å². The van der Waals surface area contributed by atoms with Gasteiger partial charge < -0.3 is 10.1 Å². The molecular weight excluding hydrogens is 419 g/mol. The minimum Gasteiger partial charge on any atom is -0.383 e. The van der Waals surface area contributed by atoms with Gasteiger partial charge >= 0.3 is 0 Å². The first-order valence-corrected chi connectivity index (χ1v) is 10.0. The van der Waals surface area contributed by atoms with Crippen LogP contribution in [0.2, 0.25) is 5.02 Å². The fourth-order valence-electron chi connectivity index (χ4n) is 3.37. The summed E-state index contributed by atoms with van der Waals surface area (Å²) in [6.45, 7) is 2.43. The highest BCUT2D eigenvalue weighted by Crippen LogP contribution is 2.28. The molecule has 6 nitrogen and oxygen atoms in total. The maximum absolute atomic E-state index is 13.6. The number of aromatic nitrogens is 3. The van der Waals surface area contributed by atoms with Gasteiger partial charge in [-0.05, 0) is 49.4 Å². The first-order valence-electron chi connectivity index (χ1n) is 9.67. The normalized spacial score (nSPS) is 12.1. The van der Waals surface area contributed by atoms with E-state index in [1.165, 1.54) is 12.1 Å². The predicted molar refractivity (Wildman–Crippen MR) is 119 cm³/mol. The number of carbonyl (C=O) groups excluding carboxylic acids is 1. The van der Waals surface area contributed by atoms with E-state index in [-0.39, 0.29) is 17.6 Å². The average molecular weight is 439 g/mol. The third-order valence-corrected chi connectivity index (χ3v) is 5.10. The standard InChI is InChI=1S/C23H20ClFN4O2/c1-14(13-31-2)27-23-26-12-15-11-20(21(30)18-5-3-4-6-19(18)24)29(22(15)28-23)17-9-7-16(25)8-10-17/h3-12,14H,13H2,1-2H3,(H,26,27,28). The zero-order valence-corrected chi connectivity index (χ0v) is 17.7. The van der Waals surface area contributed by atoms with Gasteiger partial charge in [0, 0.05) is 36.0 Å². The maximum atomic E-state index is 13.6. The fourth-order valence-corrected chi connectivity index (χ4v) is 3.59. The third-order valence-electron chi connectivity index (χ3n) is 4.77. The van der Waals surface area contributed by atoms with Crippen LogP contribution in [0.25, 0.3) is 16.7 Å². The molecule has 8 heteroatoms. The number of hydrogen-bond acceptors (Lipinski definition) is 5. The van der Waals surface area contributed by atoms with Crippen molar-refractivity contribution >= 4 is 34.4 Å². The van der Waals surface area contributed by atoms with Crippen LogP contribution in [0.1, 0.15) is 23.0 Å². The lowest BCUT2D eigenvalue weighted by atomic mass is 10.1. The number of methoxy groups -OCH3 is 1. The van der Waals surface area contributed by atoms with Crippen molar-refractivity contribution in [3.63, 3.8) is 0 Å². The Morgan fingerprint density at radius 3 is 2.68 bits per heavy atom. The van der Waals surface area contributed by atoms with Gasteiger partial charge in [0.15, 0.2) is 5.65 Å². The molecule has 0 aliphatic rings. The second kappa shape index (κ2) is 8.83. The summed E-state index contributed by atoms with van der Waals surface area (Å²) >= 11 is 6.27. The second-order valence-corrected chi connectivity index (χ2v) is 7.53. The Kier molecular flexibility index (Phi) is 5.97. The van der Waals surface area contributed by atoms with Gasteiger partial charge in [-0.25, -0.2) is 9.37 Å². The second-order valence-electron chi connectivity index (χ2n) is 7.12. The number of carbonyl (C=O) groups is 1. The van der Waals surface area contributed by atoms with Gasteiger partial charge in [0.1, 0.15) is 5.82 Å². The fraction of sp³-hybridized carbons (Fsp3) is 0.174. The number of ketones is 1. The topological polar surface area (TPSA) is 69.0 Å². The van der Waals surface area contributed by atoms with E-state index in [1.54, 1.807) is 60.3 Å². The number of ether oxygens (including phenoxy) is 1. The van der Waals surface area contributed by atoms with E-state index in [2.05, 4.69) is 15.3 Å². The number of fused-ring (bicyclic) bond motifs is 1. The van der Waals surface area contributed by atoms with Crippen LogP contribution in [-0.2, 0) is 4.74 Å². The highest BCUT2D eigenvalue weighted by Gasteiger charge is 2.22. The Labute approximate surface area is 183 Å². The molecule has 1 unspecified atom stereocenters. The number of rotatable bonds is 7. The third kappa shape index (κ3) is 4.28. The monoisotopic (exact) mass is 438 g/mol. The molecule has 0 amide bonds. The van der Waals surface area contributed by atoms with Gasteiger partial charge in [0.25, 0.3) is 0 Å². The summed E-state index contributed by atoms with van der Waals surface area (Å²) in [4.78, 5) is 22.4. The minimum atomic E-state index is -0.371. The van der Waals surface area contributed by atoms with Crippen molar-refractivity contribution in [2.24, 2.45) is 0 Å². The largest absolute Gasteiger partial charge is 0.383 e. The molecule has 2 aromatic carbocycles. The molecular formula is C23H20ClFN4O2. The molecule has 2 heterocycles. The van der Waals surface area contributed by atoms with Crippen molar-refractivity contribution < 1.29 is 13.9 Å². The van der Waals surface area contributed by atoms with Crippen LogP contribution in [0.5, 0.6) is 0 Å². The summed E-state index contributed by atoms with van der Waals surface area (Å²) in [5.41, 5.74) is 1.84. The molecule has 4 aromatic rings. The summed E-state index contributed by atoms with van der Waals surface area (Å²) in [7, 11) is 1.62. The lowest BCUT2D eigenvalue weighted by molar-refractivity contribution is 0.103. The van der Waals surface area contributed by atoms with E-state index in [0.717, 1.165) is 0 Å². The van der Waals surface area contributed by atoms with Crippen molar-refractivity contribution in [3.8, 4) is 5.69 Å². The molecule has 1 N–H and O–H groups in total. The van der Waals surface area contributed by atoms with E-state index in [1.807, 2.05) is 6.92 Å². The molecule has 0 fully saturated rings. The molecule has 1 atom stereocenters. The SMILES string of the molecule is COCC(C)Nc1ncc2cc(C(=O)c3ccccc3Cl)n(-c3ccc(F)cc3)c2n1. The van der Waals surface area contributed by atoms with Crippen molar-refractivity contribution in [1.29, 1.82) is 0 Å². The summed E-state index contributed by atoms with van der Waals surface area (Å²) in [6, 6.07) is 14.4. The first-order chi connectivity index (χ1) is 15.0. The Morgan fingerprint density at radius 1 is 1.23 bits per heavy atom. The number of halogens is 2. The number of nitrogens with one attached hydrogen (secondary N) is 1. The van der Waals surface area contributed by atoms with Gasteiger partial charge in [-0.1, -0.05) is 23.7 Å². The average Bonchev–Trinajstić information content (AvgIpc) is 3.13. The summed E-state index contributed by atoms with van der Waals surface area (Å²) in [5.74, 6) is -0.241. The van der Waals surface area contributed by atoms with Crippen LogP contribution in [0, 0.1) is 5.82 Å². The smallest absolute Gasteiger partial charge is 0.224 e. The Balaban J connectivity index is 1.89. The first kappa shape index (κ1) is 21.0. The molecule has 2 aromatic heterocycles. The van der Waals surface area contributed by atoms with Crippen LogP contribution in [0.15, 0.2) is 60.8 Å². The molecule has 0 aliphatic carbocycles. The van der Waals surface area contributed by atoms with Crippen LogP contribution in [-0.4, -0.2) is 40.1 Å². The molecule has 0 bridgehead atoms. The highest BCUT2D eigenvalue weighted by molar-refractivity contribution is 6.35. The molecule has 0 saturated carbocycles. The Morgan fingerprint density at radius 2 is 1.97 bits per heavy atom. The van der Waals surface area contributed by atoms with Gasteiger partial charge in [-0.2, -0.15) is 4.98 Å². The number of anilines is 1. The summed E-state index contributed by atoms with van der Waals surface area (Å²) < 4.78 is 20.4. The molecule has 31 heavy (non-hydrogen) atoms. The number of hydrogen-bond donors (Lipinski definition) is 1. The van der Waals surface area contributed by atoms with E-state index in [0.29, 0.717) is 45.6 Å². The Hall–Kier alpha value is -3.29. The van der Waals surface area contributed by atoms with Gasteiger partial charge in [0.05, 0.1) is 17.3 Å². The maximum Gasteiger partial charge on any atom is 0.224 e. The van der Waals surface area contributed by atoms with Crippen LogP contribution in [0.4, 0.5) is 10.3 Å². The minimum absolute atomic E-state index is 0.0130. The van der Waals surface area contributed by atoms with Crippen molar-refractivity contribution in [3.05, 3.63) is 82.9 Å². The quantitative estimate of drug-likeness (QED) is 0.416. The Bertz CT molecular complexity index is 1240. The van der Waals surface area contributed by atoms with E-state index >= 15 is 0 Å². The zero-order chi connectivity index (χ0) is 22.0.